The molecule has 8 heteroatoms. The lowest BCUT2D eigenvalue weighted by Gasteiger charge is -2.29. The van der Waals surface area contributed by atoms with Crippen LogP contribution in [0.1, 0.15) is 31.9 Å². The van der Waals surface area contributed by atoms with Gasteiger partial charge in [0.1, 0.15) is 6.10 Å². The zero-order valence-corrected chi connectivity index (χ0v) is 16.7. The van der Waals surface area contributed by atoms with Gasteiger partial charge >= 0.3 is 6.03 Å². The molecule has 2 rings (SSSR count). The van der Waals surface area contributed by atoms with Crippen LogP contribution in [0.4, 0.5) is 4.79 Å². The molecule has 0 aliphatic heterocycles. The number of aliphatic hydroxyl groups excluding tert-OH is 1. The van der Waals surface area contributed by atoms with E-state index in [0.717, 1.165) is 16.3 Å². The fourth-order valence-electron chi connectivity index (χ4n) is 3.10. The molecule has 0 aromatic heterocycles. The van der Waals surface area contributed by atoms with Crippen molar-refractivity contribution in [2.45, 2.75) is 32.4 Å². The molecular weight excluding hydrogens is 372 g/mol. The summed E-state index contributed by atoms with van der Waals surface area (Å²) in [6.45, 7) is 3.87. The molecule has 0 aliphatic rings. The number of amides is 4. The lowest BCUT2D eigenvalue weighted by atomic mass is 9.99. The largest absolute Gasteiger partial charge is 0.381 e. The van der Waals surface area contributed by atoms with Gasteiger partial charge in [-0.25, -0.2) is 4.79 Å². The van der Waals surface area contributed by atoms with Crippen molar-refractivity contribution >= 4 is 28.6 Å². The summed E-state index contributed by atoms with van der Waals surface area (Å²) in [6, 6.07) is 12.2. The van der Waals surface area contributed by atoms with Crippen molar-refractivity contribution in [3.63, 3.8) is 0 Å². The van der Waals surface area contributed by atoms with Crippen molar-refractivity contribution < 1.29 is 19.5 Å². The Kier molecular flexibility index (Phi) is 7.55. The third-order valence-electron chi connectivity index (χ3n) is 4.47. The molecule has 0 saturated heterocycles. The van der Waals surface area contributed by atoms with Crippen LogP contribution in [0.15, 0.2) is 42.5 Å². The Bertz CT molecular complexity index is 884. The van der Waals surface area contributed by atoms with E-state index in [-0.39, 0.29) is 18.9 Å². The Morgan fingerprint density at radius 2 is 1.69 bits per heavy atom. The number of aliphatic hydroxyl groups is 1. The summed E-state index contributed by atoms with van der Waals surface area (Å²) in [5, 5.41) is 14.6. The van der Waals surface area contributed by atoms with Gasteiger partial charge in [0.05, 0.1) is 19.0 Å². The van der Waals surface area contributed by atoms with Gasteiger partial charge in [0, 0.05) is 6.54 Å². The summed E-state index contributed by atoms with van der Waals surface area (Å²) in [5.41, 5.74) is 11.2. The molecule has 29 heavy (non-hydrogen) atoms. The molecule has 0 saturated carbocycles. The number of fused-ring (bicyclic) bond motifs is 1. The van der Waals surface area contributed by atoms with Crippen LogP contribution in [0.3, 0.4) is 0 Å². The van der Waals surface area contributed by atoms with Gasteiger partial charge in [-0.2, -0.15) is 0 Å². The number of hydrogen-bond donors (Lipinski definition) is 4. The van der Waals surface area contributed by atoms with Crippen molar-refractivity contribution in [1.82, 2.24) is 10.2 Å². The predicted molar refractivity (Wildman–Crippen MR) is 111 cm³/mol. The SMILES string of the molecule is CC(C)CN(CC(O)C(N)=O)C(=O)NC(CC(N)=O)c1ccc2ccccc2c1. The van der Waals surface area contributed by atoms with Crippen molar-refractivity contribution in [3.8, 4) is 0 Å². The average molecular weight is 400 g/mol. The van der Waals surface area contributed by atoms with Gasteiger partial charge in [-0.1, -0.05) is 50.2 Å². The molecule has 0 aliphatic carbocycles. The molecule has 0 heterocycles. The number of hydrogen-bond acceptors (Lipinski definition) is 4. The fourth-order valence-corrected chi connectivity index (χ4v) is 3.10. The normalized spacial score (nSPS) is 13.1. The molecule has 6 N–H and O–H groups in total. The number of rotatable bonds is 9. The predicted octanol–water partition coefficient (Wildman–Crippen LogP) is 1.27. The van der Waals surface area contributed by atoms with Crippen LogP contribution >= 0.6 is 0 Å². The second kappa shape index (κ2) is 9.88. The maximum absolute atomic E-state index is 12.9. The number of nitrogens with one attached hydrogen (secondary N) is 1. The highest BCUT2D eigenvalue weighted by Crippen LogP contribution is 2.23. The Labute approximate surface area is 169 Å². The molecule has 156 valence electrons. The zero-order valence-electron chi connectivity index (χ0n) is 16.7. The minimum Gasteiger partial charge on any atom is -0.381 e. The second-order valence-corrected chi connectivity index (χ2v) is 7.50. The van der Waals surface area contributed by atoms with Crippen molar-refractivity contribution in [2.24, 2.45) is 17.4 Å². The smallest absolute Gasteiger partial charge is 0.318 e. The number of benzene rings is 2. The monoisotopic (exact) mass is 400 g/mol. The highest BCUT2D eigenvalue weighted by molar-refractivity contribution is 5.84. The molecule has 4 amide bonds. The number of carbonyl (C=O) groups is 3. The summed E-state index contributed by atoms with van der Waals surface area (Å²) in [5.74, 6) is -1.37. The highest BCUT2D eigenvalue weighted by Gasteiger charge is 2.25. The van der Waals surface area contributed by atoms with Gasteiger partial charge in [-0.15, -0.1) is 0 Å². The van der Waals surface area contributed by atoms with E-state index in [1.807, 2.05) is 56.3 Å². The van der Waals surface area contributed by atoms with Gasteiger partial charge in [0.15, 0.2) is 0 Å². The minimum absolute atomic E-state index is 0.0853. The lowest BCUT2D eigenvalue weighted by molar-refractivity contribution is -0.126. The van der Waals surface area contributed by atoms with Crippen LogP contribution in [0.25, 0.3) is 10.8 Å². The van der Waals surface area contributed by atoms with Crippen LogP contribution in [0, 0.1) is 5.92 Å². The molecule has 2 unspecified atom stereocenters. The van der Waals surface area contributed by atoms with Gasteiger partial charge in [-0.3, -0.25) is 9.59 Å². The first kappa shape index (κ1) is 22.2. The van der Waals surface area contributed by atoms with E-state index in [2.05, 4.69) is 5.32 Å². The third-order valence-corrected chi connectivity index (χ3v) is 4.47. The molecule has 0 bridgehead atoms. The van der Waals surface area contributed by atoms with Crippen molar-refractivity contribution in [1.29, 1.82) is 0 Å². The van der Waals surface area contributed by atoms with Gasteiger partial charge < -0.3 is 26.8 Å². The lowest BCUT2D eigenvalue weighted by Crippen LogP contribution is -2.49. The first-order valence-electron chi connectivity index (χ1n) is 9.47. The van der Waals surface area contributed by atoms with Gasteiger partial charge in [0.25, 0.3) is 0 Å². The summed E-state index contributed by atoms with van der Waals surface area (Å²) in [7, 11) is 0. The number of primary amides is 2. The van der Waals surface area contributed by atoms with Gasteiger partial charge in [0.2, 0.25) is 11.8 Å². The zero-order chi connectivity index (χ0) is 21.6. The average Bonchev–Trinajstić information content (AvgIpc) is 2.65. The summed E-state index contributed by atoms with van der Waals surface area (Å²) in [4.78, 5) is 37.0. The van der Waals surface area contributed by atoms with E-state index >= 15 is 0 Å². The van der Waals surface area contributed by atoms with E-state index in [1.165, 1.54) is 4.90 Å². The molecular formula is C21H28N4O4. The van der Waals surface area contributed by atoms with Crippen molar-refractivity contribution in [3.05, 3.63) is 48.0 Å². The van der Waals surface area contributed by atoms with Crippen LogP contribution < -0.4 is 16.8 Å². The Hall–Kier alpha value is -3.13. The molecule has 2 atom stereocenters. The van der Waals surface area contributed by atoms with Crippen LogP contribution in [-0.4, -0.2) is 47.0 Å². The van der Waals surface area contributed by atoms with E-state index < -0.39 is 30.0 Å². The number of nitrogens with two attached hydrogens (primary N) is 2. The van der Waals surface area contributed by atoms with E-state index in [0.29, 0.717) is 6.54 Å². The van der Waals surface area contributed by atoms with E-state index in [9.17, 15) is 19.5 Å². The Balaban J connectivity index is 2.26. The van der Waals surface area contributed by atoms with Crippen molar-refractivity contribution in [2.75, 3.05) is 13.1 Å². The Morgan fingerprint density at radius 3 is 2.28 bits per heavy atom. The van der Waals surface area contributed by atoms with E-state index in [4.69, 9.17) is 11.5 Å². The first-order valence-corrected chi connectivity index (χ1v) is 9.47. The Morgan fingerprint density at radius 1 is 1.03 bits per heavy atom. The summed E-state index contributed by atoms with van der Waals surface area (Å²) in [6.07, 6.45) is -1.56. The molecule has 0 radical (unpaired) electrons. The summed E-state index contributed by atoms with van der Waals surface area (Å²) >= 11 is 0. The molecule has 0 fully saturated rings. The molecule has 8 nitrogen and oxygen atoms in total. The van der Waals surface area contributed by atoms with Crippen LogP contribution in [-0.2, 0) is 9.59 Å². The summed E-state index contributed by atoms with van der Waals surface area (Å²) < 4.78 is 0. The van der Waals surface area contributed by atoms with E-state index in [1.54, 1.807) is 0 Å². The quantitative estimate of drug-likeness (QED) is 0.503. The maximum Gasteiger partial charge on any atom is 0.318 e. The van der Waals surface area contributed by atoms with Crippen LogP contribution in [0.5, 0.6) is 0 Å². The molecule has 2 aromatic rings. The standard InChI is InChI=1S/C21H28N4O4/c1-13(2)11-25(12-18(26)20(23)28)21(29)24-17(10-19(22)27)16-8-7-14-5-3-4-6-15(14)9-16/h3-9,13,17-18,26H,10-12H2,1-2H3,(H2,22,27)(H2,23,28)(H,24,29). The molecule has 2 aromatic carbocycles. The van der Waals surface area contributed by atoms with Crippen LogP contribution in [0.2, 0.25) is 0 Å². The fraction of sp³-hybridized carbons (Fsp3) is 0.381. The number of urea groups is 1. The number of carbonyl (C=O) groups excluding carboxylic acids is 3. The maximum atomic E-state index is 12.9. The first-order chi connectivity index (χ1) is 13.7. The second-order valence-electron chi connectivity index (χ2n) is 7.50. The number of nitrogens with zero attached hydrogens (tertiary/aromatic N) is 1. The third kappa shape index (κ3) is 6.46. The highest BCUT2D eigenvalue weighted by atomic mass is 16.3. The topological polar surface area (TPSA) is 139 Å². The van der Waals surface area contributed by atoms with Gasteiger partial charge in [-0.05, 0) is 28.3 Å². The minimum atomic E-state index is -1.48. The molecule has 0 spiro atoms.